The predicted molar refractivity (Wildman–Crippen MR) is 134 cm³/mol. The first-order valence-electron chi connectivity index (χ1n) is 11.6. The van der Waals surface area contributed by atoms with Crippen LogP contribution in [0.3, 0.4) is 0 Å². The molecule has 1 saturated heterocycles. The average molecular weight is 555 g/mol. The van der Waals surface area contributed by atoms with Crippen LogP contribution in [0.15, 0.2) is 48.5 Å². The first-order chi connectivity index (χ1) is 17.7. The number of amides is 1. The van der Waals surface area contributed by atoms with Crippen molar-refractivity contribution in [1.29, 1.82) is 5.26 Å². The number of sulfone groups is 1. The van der Waals surface area contributed by atoms with Gasteiger partial charge in [-0.3, -0.25) is 4.79 Å². The maximum absolute atomic E-state index is 12.4. The Balaban J connectivity index is 0.000000638. The number of carboxylic acids is 1. The van der Waals surface area contributed by atoms with E-state index in [9.17, 15) is 31.6 Å². The molecule has 5 N–H and O–H groups in total. The highest BCUT2D eigenvalue weighted by Crippen LogP contribution is 2.25. The summed E-state index contributed by atoms with van der Waals surface area (Å²) in [6, 6.07) is 16.1. The number of alkyl halides is 3. The van der Waals surface area contributed by atoms with E-state index < -0.39 is 33.4 Å². The summed E-state index contributed by atoms with van der Waals surface area (Å²) in [6.45, 7) is 0.826. The van der Waals surface area contributed by atoms with Gasteiger partial charge in [0.1, 0.15) is 11.4 Å². The zero-order valence-corrected chi connectivity index (χ0v) is 21.3. The number of nitrogens with zero attached hydrogens (tertiary/aromatic N) is 1. The van der Waals surface area contributed by atoms with Crippen LogP contribution >= 0.6 is 0 Å². The van der Waals surface area contributed by atoms with E-state index >= 15 is 0 Å². The number of halogens is 3. The monoisotopic (exact) mass is 554 g/mol. The number of hydrogen-bond donors (Lipinski definition) is 4. The average Bonchev–Trinajstić information content (AvgIpc) is 2.88. The number of hydrogen-bond acceptors (Lipinski definition) is 7. The minimum Gasteiger partial charge on any atom is -0.475 e. The van der Waals surface area contributed by atoms with Crippen LogP contribution in [0, 0.1) is 11.3 Å². The molecule has 0 spiro atoms. The smallest absolute Gasteiger partial charge is 0.475 e. The summed E-state index contributed by atoms with van der Waals surface area (Å²) in [6.07, 6.45) is -0.677. The number of nitrogens with one attached hydrogen (secondary N) is 2. The molecule has 1 aliphatic rings. The Morgan fingerprint density at radius 2 is 1.82 bits per heavy atom. The quantitative estimate of drug-likeness (QED) is 0.406. The summed E-state index contributed by atoms with van der Waals surface area (Å²) in [5.74, 6) is -2.88. The van der Waals surface area contributed by atoms with Crippen molar-refractivity contribution in [1.82, 2.24) is 10.6 Å². The van der Waals surface area contributed by atoms with E-state index in [1.807, 2.05) is 30.3 Å². The van der Waals surface area contributed by atoms with Gasteiger partial charge in [0.25, 0.3) is 0 Å². The van der Waals surface area contributed by atoms with Gasteiger partial charge in [0.2, 0.25) is 5.91 Å². The molecule has 1 fully saturated rings. The number of carboxylic acid groups (broad SMARTS) is 1. The second-order valence-corrected chi connectivity index (χ2v) is 10.9. The van der Waals surface area contributed by atoms with E-state index in [1.54, 1.807) is 18.2 Å². The highest BCUT2D eigenvalue weighted by molar-refractivity contribution is 7.90. The minimum atomic E-state index is -5.08. The van der Waals surface area contributed by atoms with E-state index in [0.29, 0.717) is 12.0 Å². The Hall–Kier alpha value is -3.47. The van der Waals surface area contributed by atoms with Crippen molar-refractivity contribution < 1.29 is 36.3 Å². The molecular formula is C25H29F3N4O5S. The van der Waals surface area contributed by atoms with Crippen LogP contribution in [0.1, 0.15) is 35.8 Å². The Morgan fingerprint density at radius 1 is 1.18 bits per heavy atom. The molecule has 1 unspecified atom stereocenters. The van der Waals surface area contributed by atoms with Crippen molar-refractivity contribution in [2.45, 2.75) is 49.3 Å². The Bertz CT molecular complexity index is 1250. The SMILES string of the molecule is CS(=O)(=O)C(N)c1cccc(-c2ccc(C[C@@H](C#N)NC(=O)[C@@H]3CCCCN3)cc2)c1.O=C(O)C(F)(F)F. The van der Waals surface area contributed by atoms with Gasteiger partial charge in [0.05, 0.1) is 12.1 Å². The molecule has 1 heterocycles. The number of carbonyl (C=O) groups is 2. The molecule has 206 valence electrons. The molecule has 38 heavy (non-hydrogen) atoms. The van der Waals surface area contributed by atoms with Gasteiger partial charge in [0.15, 0.2) is 9.84 Å². The van der Waals surface area contributed by atoms with Crippen LogP contribution in [0.5, 0.6) is 0 Å². The lowest BCUT2D eigenvalue weighted by molar-refractivity contribution is -0.192. The molecule has 0 bridgehead atoms. The normalized spacial score (nSPS) is 17.2. The van der Waals surface area contributed by atoms with Crippen LogP contribution in [-0.4, -0.2) is 56.5 Å². The largest absolute Gasteiger partial charge is 0.490 e. The molecule has 3 rings (SSSR count). The van der Waals surface area contributed by atoms with Crippen LogP contribution in [0.4, 0.5) is 13.2 Å². The van der Waals surface area contributed by atoms with Crippen LogP contribution < -0.4 is 16.4 Å². The predicted octanol–water partition coefficient (Wildman–Crippen LogP) is 2.68. The fourth-order valence-electron chi connectivity index (χ4n) is 3.69. The van der Waals surface area contributed by atoms with Crippen LogP contribution in [0.2, 0.25) is 0 Å². The van der Waals surface area contributed by atoms with Gasteiger partial charge >= 0.3 is 12.1 Å². The molecule has 1 aliphatic heterocycles. The number of nitrogens with two attached hydrogens (primary N) is 1. The maximum atomic E-state index is 12.4. The topological polar surface area (TPSA) is 162 Å². The van der Waals surface area contributed by atoms with Crippen LogP contribution in [-0.2, 0) is 25.8 Å². The molecule has 1 amide bonds. The fraction of sp³-hybridized carbons (Fsp3) is 0.400. The summed E-state index contributed by atoms with van der Waals surface area (Å²) >= 11 is 0. The lowest BCUT2D eigenvalue weighted by Crippen LogP contribution is -2.49. The number of nitriles is 1. The van der Waals surface area contributed by atoms with Gasteiger partial charge < -0.3 is 21.5 Å². The van der Waals surface area contributed by atoms with Crippen molar-refractivity contribution in [2.75, 3.05) is 12.8 Å². The molecule has 2 aromatic carbocycles. The number of benzene rings is 2. The first kappa shape index (κ1) is 30.8. The van der Waals surface area contributed by atoms with Crippen molar-refractivity contribution >= 4 is 21.7 Å². The van der Waals surface area contributed by atoms with Gasteiger partial charge in [0, 0.05) is 12.7 Å². The third-order valence-electron chi connectivity index (χ3n) is 5.75. The van der Waals surface area contributed by atoms with Crippen molar-refractivity contribution in [3.8, 4) is 17.2 Å². The summed E-state index contributed by atoms with van der Waals surface area (Å²) in [5, 5.41) is 21.6. The Morgan fingerprint density at radius 3 is 2.32 bits per heavy atom. The van der Waals surface area contributed by atoms with E-state index in [0.717, 1.165) is 48.8 Å². The Labute approximate surface area is 218 Å². The molecule has 2 aromatic rings. The summed E-state index contributed by atoms with van der Waals surface area (Å²) < 4.78 is 55.2. The third kappa shape index (κ3) is 9.44. The molecule has 9 nitrogen and oxygen atoms in total. The molecular weight excluding hydrogens is 525 g/mol. The van der Waals surface area contributed by atoms with Gasteiger partial charge in [-0.1, -0.05) is 48.9 Å². The van der Waals surface area contributed by atoms with E-state index in [2.05, 4.69) is 16.7 Å². The number of aliphatic carboxylic acids is 1. The number of piperidine rings is 1. The van der Waals surface area contributed by atoms with Gasteiger partial charge in [-0.25, -0.2) is 13.2 Å². The second kappa shape index (κ2) is 13.4. The second-order valence-electron chi connectivity index (χ2n) is 8.77. The highest BCUT2D eigenvalue weighted by Gasteiger charge is 2.38. The molecule has 0 aliphatic carbocycles. The van der Waals surface area contributed by atoms with Crippen LogP contribution in [0.25, 0.3) is 11.1 Å². The summed E-state index contributed by atoms with van der Waals surface area (Å²) in [7, 11) is -3.39. The molecule has 0 saturated carbocycles. The zero-order valence-electron chi connectivity index (χ0n) is 20.5. The molecule has 0 aromatic heterocycles. The molecule has 13 heteroatoms. The van der Waals surface area contributed by atoms with E-state index in [4.69, 9.17) is 15.6 Å². The molecule has 0 radical (unpaired) electrons. The molecule has 3 atom stereocenters. The lowest BCUT2D eigenvalue weighted by atomic mass is 9.99. The van der Waals surface area contributed by atoms with Crippen molar-refractivity contribution in [2.24, 2.45) is 5.73 Å². The zero-order chi connectivity index (χ0) is 28.5. The van der Waals surface area contributed by atoms with Crippen molar-refractivity contribution in [3.05, 3.63) is 59.7 Å². The summed E-state index contributed by atoms with van der Waals surface area (Å²) in [4.78, 5) is 21.3. The van der Waals surface area contributed by atoms with Crippen molar-refractivity contribution in [3.63, 3.8) is 0 Å². The van der Waals surface area contributed by atoms with E-state index in [1.165, 1.54) is 0 Å². The van der Waals surface area contributed by atoms with Gasteiger partial charge in [-0.05, 0) is 47.7 Å². The number of carbonyl (C=O) groups excluding carboxylic acids is 1. The maximum Gasteiger partial charge on any atom is 0.490 e. The lowest BCUT2D eigenvalue weighted by Gasteiger charge is -2.23. The van der Waals surface area contributed by atoms with Gasteiger partial charge in [-0.15, -0.1) is 0 Å². The fourth-order valence-corrected chi connectivity index (χ4v) is 4.33. The highest BCUT2D eigenvalue weighted by atomic mass is 32.2. The summed E-state index contributed by atoms with van der Waals surface area (Å²) in [5.41, 5.74) is 9.08. The minimum absolute atomic E-state index is 0.123. The standard InChI is InChI=1S/C23H28N4O3S.C2HF3O2/c1-31(29,30)22(25)19-6-4-5-18(14-19)17-10-8-16(9-11-17)13-20(15-24)27-23(28)21-7-2-3-12-26-21;3-2(4,5)1(6)7/h4-6,8-11,14,20-22,26H,2-3,7,12-13,25H2,1H3,(H,27,28);(H,6,7)/t20-,21-,22?;/m0./s1. The first-order valence-corrected chi connectivity index (χ1v) is 13.5. The van der Waals surface area contributed by atoms with Gasteiger partial charge in [-0.2, -0.15) is 18.4 Å². The number of rotatable bonds is 7. The Kier molecular flexibility index (Phi) is 10.8. The van der Waals surface area contributed by atoms with E-state index in [-0.39, 0.29) is 11.9 Å². The third-order valence-corrected chi connectivity index (χ3v) is 6.94.